The average molecular weight is 356 g/mol. The molecule has 3 aromatic rings. The maximum absolute atomic E-state index is 3.81. The normalized spacial score (nSPS) is 16.1. The first-order chi connectivity index (χ1) is 13.0. The smallest absolute Gasteiger partial charge is 0.0348 e. The molecule has 1 N–H and O–H groups in total. The first kappa shape index (κ1) is 17.9. The zero-order chi connectivity index (χ0) is 19.0. The molecule has 0 spiro atoms. The minimum atomic E-state index is 0.503. The van der Waals surface area contributed by atoms with E-state index in [-0.39, 0.29) is 0 Å². The van der Waals surface area contributed by atoms with Gasteiger partial charge in [0, 0.05) is 11.7 Å². The highest BCUT2D eigenvalue weighted by Crippen LogP contribution is 2.33. The standard InChI is InChI=1S/C26H29N/c1-17-18(2)20(4)26-16-24(13-14-25(26)19(17)3)27-23-12-8-11-22(15-23)21-9-6-5-7-10-21/h5-12,15,24,27H,13-14,16H2,1-4H3. The van der Waals surface area contributed by atoms with E-state index in [1.165, 1.54) is 51.9 Å². The van der Waals surface area contributed by atoms with Gasteiger partial charge in [0.05, 0.1) is 0 Å². The topological polar surface area (TPSA) is 12.0 Å². The summed E-state index contributed by atoms with van der Waals surface area (Å²) in [5, 5.41) is 3.81. The maximum atomic E-state index is 3.81. The summed E-state index contributed by atoms with van der Waals surface area (Å²) in [5.41, 5.74) is 12.9. The number of rotatable bonds is 3. The Labute approximate surface area is 163 Å². The Bertz CT molecular complexity index is 969. The van der Waals surface area contributed by atoms with Gasteiger partial charge >= 0.3 is 0 Å². The van der Waals surface area contributed by atoms with Gasteiger partial charge in [0.2, 0.25) is 0 Å². The summed E-state index contributed by atoms with van der Waals surface area (Å²) in [7, 11) is 0. The Hall–Kier alpha value is -2.54. The molecule has 0 saturated heterocycles. The molecule has 0 saturated carbocycles. The second-order valence-electron chi connectivity index (χ2n) is 7.99. The molecule has 0 aromatic heterocycles. The Morgan fingerprint density at radius 3 is 2.11 bits per heavy atom. The molecule has 1 atom stereocenters. The van der Waals surface area contributed by atoms with Crippen molar-refractivity contribution in [2.75, 3.05) is 5.32 Å². The number of benzene rings is 3. The summed E-state index contributed by atoms with van der Waals surface area (Å²) in [4.78, 5) is 0. The molecule has 0 amide bonds. The van der Waals surface area contributed by atoms with Crippen LogP contribution in [0.4, 0.5) is 5.69 Å². The molecule has 0 radical (unpaired) electrons. The van der Waals surface area contributed by atoms with Crippen LogP contribution in [0.3, 0.4) is 0 Å². The van der Waals surface area contributed by atoms with E-state index in [1.807, 2.05) is 0 Å². The van der Waals surface area contributed by atoms with Gasteiger partial charge in [-0.3, -0.25) is 0 Å². The zero-order valence-corrected chi connectivity index (χ0v) is 16.9. The number of anilines is 1. The number of fused-ring (bicyclic) bond motifs is 1. The van der Waals surface area contributed by atoms with Crippen molar-refractivity contribution in [3.8, 4) is 11.1 Å². The average Bonchev–Trinajstić information content (AvgIpc) is 2.71. The van der Waals surface area contributed by atoms with Crippen LogP contribution < -0.4 is 5.32 Å². The minimum Gasteiger partial charge on any atom is -0.382 e. The summed E-state index contributed by atoms with van der Waals surface area (Å²) in [6.45, 7) is 9.16. The molecule has 1 unspecified atom stereocenters. The van der Waals surface area contributed by atoms with Crippen molar-refractivity contribution in [1.29, 1.82) is 0 Å². The van der Waals surface area contributed by atoms with Crippen LogP contribution in [0.5, 0.6) is 0 Å². The van der Waals surface area contributed by atoms with Crippen molar-refractivity contribution in [2.24, 2.45) is 0 Å². The van der Waals surface area contributed by atoms with Gasteiger partial charge in [-0.05, 0) is 104 Å². The van der Waals surface area contributed by atoms with Gasteiger partial charge in [0.15, 0.2) is 0 Å². The highest BCUT2D eigenvalue weighted by molar-refractivity contribution is 5.68. The Balaban J connectivity index is 1.58. The summed E-state index contributed by atoms with van der Waals surface area (Å²) in [6, 6.07) is 19.9. The van der Waals surface area contributed by atoms with Crippen molar-refractivity contribution < 1.29 is 0 Å². The first-order valence-electron chi connectivity index (χ1n) is 10.0. The van der Waals surface area contributed by atoms with Crippen LogP contribution in [0, 0.1) is 27.7 Å². The van der Waals surface area contributed by atoms with Crippen molar-refractivity contribution in [2.45, 2.75) is 53.0 Å². The summed E-state index contributed by atoms with van der Waals surface area (Å²) < 4.78 is 0. The monoisotopic (exact) mass is 355 g/mol. The predicted octanol–water partition coefficient (Wildman–Crippen LogP) is 6.56. The fourth-order valence-corrected chi connectivity index (χ4v) is 4.53. The Kier molecular flexibility index (Phi) is 4.78. The minimum absolute atomic E-state index is 0.503. The molecular weight excluding hydrogens is 326 g/mol. The first-order valence-corrected chi connectivity index (χ1v) is 10.0. The number of nitrogens with one attached hydrogen (secondary N) is 1. The SMILES string of the molecule is Cc1c(C)c(C)c2c(c1C)CCC(Nc1cccc(-c3ccccc3)c1)C2. The van der Waals surface area contributed by atoms with E-state index >= 15 is 0 Å². The van der Waals surface area contributed by atoms with E-state index in [2.05, 4.69) is 87.6 Å². The van der Waals surface area contributed by atoms with Crippen LogP contribution in [-0.4, -0.2) is 6.04 Å². The molecule has 27 heavy (non-hydrogen) atoms. The van der Waals surface area contributed by atoms with E-state index in [0.717, 1.165) is 6.42 Å². The molecule has 138 valence electrons. The van der Waals surface area contributed by atoms with Crippen molar-refractivity contribution >= 4 is 5.69 Å². The van der Waals surface area contributed by atoms with Gasteiger partial charge in [0.25, 0.3) is 0 Å². The molecule has 0 aliphatic heterocycles. The predicted molar refractivity (Wildman–Crippen MR) is 117 cm³/mol. The summed E-state index contributed by atoms with van der Waals surface area (Å²) in [5.74, 6) is 0. The lowest BCUT2D eigenvalue weighted by molar-refractivity contribution is 0.605. The van der Waals surface area contributed by atoms with Gasteiger partial charge in [-0.2, -0.15) is 0 Å². The van der Waals surface area contributed by atoms with Crippen LogP contribution in [0.25, 0.3) is 11.1 Å². The molecular formula is C26H29N. The lowest BCUT2D eigenvalue weighted by Crippen LogP contribution is -2.29. The number of hydrogen-bond acceptors (Lipinski definition) is 1. The van der Waals surface area contributed by atoms with Crippen molar-refractivity contribution in [3.63, 3.8) is 0 Å². The summed E-state index contributed by atoms with van der Waals surface area (Å²) in [6.07, 6.45) is 3.50. The molecule has 0 heterocycles. The zero-order valence-electron chi connectivity index (χ0n) is 16.9. The Morgan fingerprint density at radius 2 is 1.37 bits per heavy atom. The lowest BCUT2D eigenvalue weighted by Gasteiger charge is -2.31. The van der Waals surface area contributed by atoms with Gasteiger partial charge in [0.1, 0.15) is 0 Å². The van der Waals surface area contributed by atoms with Gasteiger partial charge < -0.3 is 5.32 Å². The molecule has 1 aliphatic rings. The number of hydrogen-bond donors (Lipinski definition) is 1. The van der Waals surface area contributed by atoms with Gasteiger partial charge in [-0.15, -0.1) is 0 Å². The second-order valence-corrected chi connectivity index (χ2v) is 7.99. The van der Waals surface area contributed by atoms with Crippen LogP contribution in [-0.2, 0) is 12.8 Å². The maximum Gasteiger partial charge on any atom is 0.0348 e. The van der Waals surface area contributed by atoms with E-state index in [4.69, 9.17) is 0 Å². The van der Waals surface area contributed by atoms with Crippen molar-refractivity contribution in [3.05, 3.63) is 88.0 Å². The van der Waals surface area contributed by atoms with Crippen LogP contribution in [0.1, 0.15) is 39.8 Å². The Morgan fingerprint density at radius 1 is 0.704 bits per heavy atom. The van der Waals surface area contributed by atoms with Crippen LogP contribution >= 0.6 is 0 Å². The second kappa shape index (κ2) is 7.23. The lowest BCUT2D eigenvalue weighted by atomic mass is 9.79. The van der Waals surface area contributed by atoms with E-state index < -0.39 is 0 Å². The molecule has 3 aromatic carbocycles. The van der Waals surface area contributed by atoms with Crippen LogP contribution in [0.2, 0.25) is 0 Å². The quantitative estimate of drug-likeness (QED) is 0.561. The third-order valence-corrected chi connectivity index (χ3v) is 6.49. The largest absolute Gasteiger partial charge is 0.382 e. The highest BCUT2D eigenvalue weighted by Gasteiger charge is 2.23. The third kappa shape index (κ3) is 3.39. The molecule has 1 heteroatoms. The summed E-state index contributed by atoms with van der Waals surface area (Å²) >= 11 is 0. The van der Waals surface area contributed by atoms with Gasteiger partial charge in [-0.1, -0.05) is 42.5 Å². The molecule has 4 rings (SSSR count). The fraction of sp³-hybridized carbons (Fsp3) is 0.308. The van der Waals surface area contributed by atoms with Gasteiger partial charge in [-0.25, -0.2) is 0 Å². The van der Waals surface area contributed by atoms with E-state index in [1.54, 1.807) is 11.1 Å². The highest BCUT2D eigenvalue weighted by atomic mass is 14.9. The third-order valence-electron chi connectivity index (χ3n) is 6.49. The molecule has 0 bridgehead atoms. The van der Waals surface area contributed by atoms with E-state index in [9.17, 15) is 0 Å². The fourth-order valence-electron chi connectivity index (χ4n) is 4.53. The van der Waals surface area contributed by atoms with Crippen LogP contribution in [0.15, 0.2) is 54.6 Å². The van der Waals surface area contributed by atoms with Crippen molar-refractivity contribution in [1.82, 2.24) is 0 Å². The molecule has 0 fully saturated rings. The molecule has 1 aliphatic carbocycles. The van der Waals surface area contributed by atoms with E-state index in [0.29, 0.717) is 6.04 Å². The molecule has 1 nitrogen and oxygen atoms in total.